The lowest BCUT2D eigenvalue weighted by Crippen LogP contribution is -2.27. The van der Waals surface area contributed by atoms with Crippen molar-refractivity contribution in [3.8, 4) is 10.6 Å². The van der Waals surface area contributed by atoms with E-state index in [2.05, 4.69) is 26.2 Å². The Morgan fingerprint density at radius 2 is 1.92 bits per heavy atom. The van der Waals surface area contributed by atoms with E-state index < -0.39 is 35.0 Å². The van der Waals surface area contributed by atoms with E-state index in [0.29, 0.717) is 11.3 Å². The molecule has 0 unspecified atom stereocenters. The standard InChI is InChI=1S/C15H13BrF2N2O4S/c1-15(2,3)24-14(23)20-12-10(13(21)22)19-11(25-12)6-4-5-7(16)9(18)8(6)17/h4-5H,1-3H3,(H,20,23)(H,21,22). The van der Waals surface area contributed by atoms with Gasteiger partial charge in [0.15, 0.2) is 17.3 Å². The van der Waals surface area contributed by atoms with Crippen LogP contribution in [0, 0.1) is 11.6 Å². The van der Waals surface area contributed by atoms with E-state index in [1.165, 1.54) is 12.1 Å². The van der Waals surface area contributed by atoms with Crippen LogP contribution < -0.4 is 5.32 Å². The van der Waals surface area contributed by atoms with Crippen molar-refractivity contribution < 1.29 is 28.2 Å². The summed E-state index contributed by atoms with van der Waals surface area (Å²) in [6.45, 7) is 4.92. The van der Waals surface area contributed by atoms with Gasteiger partial charge in [-0.05, 0) is 48.8 Å². The molecule has 2 rings (SSSR count). The number of benzene rings is 1. The topological polar surface area (TPSA) is 88.5 Å². The number of halogens is 3. The summed E-state index contributed by atoms with van der Waals surface area (Å²) in [5.41, 5.74) is -1.50. The zero-order valence-electron chi connectivity index (χ0n) is 13.3. The summed E-state index contributed by atoms with van der Waals surface area (Å²) in [5, 5.41) is 11.3. The van der Waals surface area contributed by atoms with Gasteiger partial charge in [-0.3, -0.25) is 5.32 Å². The molecule has 0 radical (unpaired) electrons. The molecule has 25 heavy (non-hydrogen) atoms. The molecular weight excluding hydrogens is 422 g/mol. The van der Waals surface area contributed by atoms with Crippen LogP contribution in [-0.4, -0.2) is 27.8 Å². The number of carboxylic acids is 1. The van der Waals surface area contributed by atoms with Gasteiger partial charge in [0.2, 0.25) is 0 Å². The predicted octanol–water partition coefficient (Wildman–Crippen LogP) is 4.90. The minimum Gasteiger partial charge on any atom is -0.476 e. The third-order valence-electron chi connectivity index (χ3n) is 2.71. The molecule has 0 atom stereocenters. The van der Waals surface area contributed by atoms with Gasteiger partial charge in [-0.2, -0.15) is 0 Å². The maximum atomic E-state index is 14.1. The van der Waals surface area contributed by atoms with Crippen LogP contribution in [0.15, 0.2) is 16.6 Å². The fraction of sp³-hybridized carbons (Fsp3) is 0.267. The highest BCUT2D eigenvalue weighted by atomic mass is 79.9. The molecule has 10 heteroatoms. The lowest BCUT2D eigenvalue weighted by atomic mass is 10.2. The number of anilines is 1. The van der Waals surface area contributed by atoms with Crippen LogP contribution >= 0.6 is 27.3 Å². The second-order valence-electron chi connectivity index (χ2n) is 5.85. The number of aromatic carboxylic acids is 1. The van der Waals surface area contributed by atoms with Gasteiger partial charge in [0.1, 0.15) is 15.6 Å². The van der Waals surface area contributed by atoms with E-state index in [1.807, 2.05) is 0 Å². The minimum atomic E-state index is -1.42. The lowest BCUT2D eigenvalue weighted by Gasteiger charge is -2.19. The first-order valence-electron chi connectivity index (χ1n) is 6.87. The second-order valence-corrected chi connectivity index (χ2v) is 7.71. The molecule has 2 aromatic rings. The molecule has 0 saturated heterocycles. The van der Waals surface area contributed by atoms with E-state index in [-0.39, 0.29) is 20.0 Å². The van der Waals surface area contributed by atoms with E-state index >= 15 is 0 Å². The number of nitrogens with one attached hydrogen (secondary N) is 1. The highest BCUT2D eigenvalue weighted by Gasteiger charge is 2.25. The number of hydrogen-bond acceptors (Lipinski definition) is 5. The molecule has 2 N–H and O–H groups in total. The Kier molecular flexibility index (Phi) is 5.43. The number of hydrogen-bond donors (Lipinski definition) is 2. The summed E-state index contributed by atoms with van der Waals surface area (Å²) < 4.78 is 32.7. The first kappa shape index (κ1) is 19.3. The van der Waals surface area contributed by atoms with Crippen LogP contribution in [0.2, 0.25) is 0 Å². The summed E-state index contributed by atoms with van der Waals surface area (Å²) in [4.78, 5) is 26.9. The highest BCUT2D eigenvalue weighted by Crippen LogP contribution is 2.35. The Morgan fingerprint density at radius 3 is 2.48 bits per heavy atom. The number of amides is 1. The summed E-state index contributed by atoms with van der Waals surface area (Å²) in [6.07, 6.45) is -0.882. The Labute approximate surface area is 154 Å². The number of ether oxygens (including phenoxy) is 1. The third kappa shape index (κ3) is 4.51. The number of carboxylic acid groups (broad SMARTS) is 1. The molecule has 0 fully saturated rings. The monoisotopic (exact) mass is 434 g/mol. The van der Waals surface area contributed by atoms with Gasteiger partial charge in [-0.1, -0.05) is 11.3 Å². The molecule has 0 bridgehead atoms. The van der Waals surface area contributed by atoms with E-state index in [9.17, 15) is 23.5 Å². The Balaban J connectivity index is 2.42. The zero-order valence-corrected chi connectivity index (χ0v) is 15.7. The number of nitrogens with zero attached hydrogens (tertiary/aromatic N) is 1. The van der Waals surface area contributed by atoms with Crippen molar-refractivity contribution in [3.05, 3.63) is 33.9 Å². The van der Waals surface area contributed by atoms with E-state index in [0.717, 1.165) is 0 Å². The third-order valence-corrected chi connectivity index (χ3v) is 4.33. The maximum absolute atomic E-state index is 14.1. The van der Waals surface area contributed by atoms with Crippen LogP contribution in [-0.2, 0) is 4.74 Å². The van der Waals surface area contributed by atoms with Gasteiger partial charge in [0, 0.05) is 5.56 Å². The molecule has 1 amide bonds. The van der Waals surface area contributed by atoms with Crippen molar-refractivity contribution in [2.24, 2.45) is 0 Å². The fourth-order valence-electron chi connectivity index (χ4n) is 1.75. The Morgan fingerprint density at radius 1 is 1.28 bits per heavy atom. The molecule has 0 aliphatic carbocycles. The first-order valence-corrected chi connectivity index (χ1v) is 8.48. The summed E-state index contributed by atoms with van der Waals surface area (Å²) >= 11 is 3.55. The summed E-state index contributed by atoms with van der Waals surface area (Å²) in [7, 11) is 0. The number of carbonyl (C=O) groups is 2. The number of aromatic nitrogens is 1. The number of rotatable bonds is 3. The van der Waals surface area contributed by atoms with Crippen LogP contribution in [0.5, 0.6) is 0 Å². The van der Waals surface area contributed by atoms with Gasteiger partial charge in [-0.25, -0.2) is 23.4 Å². The van der Waals surface area contributed by atoms with Gasteiger partial charge in [-0.15, -0.1) is 0 Å². The fourth-order valence-corrected chi connectivity index (χ4v) is 3.02. The van der Waals surface area contributed by atoms with Crippen molar-refractivity contribution in [2.45, 2.75) is 26.4 Å². The molecule has 0 aliphatic heterocycles. The molecule has 0 aliphatic rings. The van der Waals surface area contributed by atoms with Gasteiger partial charge in [0.05, 0.1) is 4.47 Å². The largest absolute Gasteiger partial charge is 0.476 e. The predicted molar refractivity (Wildman–Crippen MR) is 92.0 cm³/mol. The van der Waals surface area contributed by atoms with Crippen molar-refractivity contribution in [2.75, 3.05) is 5.32 Å². The molecule has 1 aromatic heterocycles. The molecule has 1 aromatic carbocycles. The average Bonchev–Trinajstić information content (AvgIpc) is 2.86. The summed E-state index contributed by atoms with van der Waals surface area (Å²) in [6, 6.07) is 2.53. The lowest BCUT2D eigenvalue weighted by molar-refractivity contribution is 0.0636. The van der Waals surface area contributed by atoms with Crippen molar-refractivity contribution >= 4 is 44.3 Å². The smallest absolute Gasteiger partial charge is 0.412 e. The maximum Gasteiger partial charge on any atom is 0.412 e. The SMILES string of the molecule is CC(C)(C)OC(=O)Nc1sc(-c2ccc(Br)c(F)c2F)nc1C(=O)O. The van der Waals surface area contributed by atoms with Crippen molar-refractivity contribution in [1.82, 2.24) is 4.98 Å². The molecule has 6 nitrogen and oxygen atoms in total. The normalized spacial score (nSPS) is 11.3. The van der Waals surface area contributed by atoms with Crippen LogP contribution in [0.25, 0.3) is 10.6 Å². The first-order chi connectivity index (χ1) is 11.5. The van der Waals surface area contributed by atoms with E-state index in [1.54, 1.807) is 20.8 Å². The van der Waals surface area contributed by atoms with Gasteiger partial charge in [0.25, 0.3) is 0 Å². The second kappa shape index (κ2) is 7.04. The molecular formula is C15H13BrF2N2O4S. The Hall–Kier alpha value is -2.07. The van der Waals surface area contributed by atoms with Crippen molar-refractivity contribution in [1.29, 1.82) is 0 Å². The molecule has 134 valence electrons. The zero-order chi connectivity index (χ0) is 18.9. The van der Waals surface area contributed by atoms with Crippen LogP contribution in [0.4, 0.5) is 18.6 Å². The van der Waals surface area contributed by atoms with Crippen LogP contribution in [0.1, 0.15) is 31.3 Å². The molecule has 0 saturated carbocycles. The number of carbonyl (C=O) groups excluding carboxylic acids is 1. The minimum absolute atomic E-state index is 0.0733. The highest BCUT2D eigenvalue weighted by molar-refractivity contribution is 9.10. The van der Waals surface area contributed by atoms with Gasteiger partial charge < -0.3 is 9.84 Å². The number of thiazole rings is 1. The van der Waals surface area contributed by atoms with E-state index in [4.69, 9.17) is 4.74 Å². The average molecular weight is 435 g/mol. The van der Waals surface area contributed by atoms with Gasteiger partial charge >= 0.3 is 12.1 Å². The van der Waals surface area contributed by atoms with Crippen molar-refractivity contribution in [3.63, 3.8) is 0 Å². The quantitative estimate of drug-likeness (QED) is 0.670. The van der Waals surface area contributed by atoms with Crippen LogP contribution in [0.3, 0.4) is 0 Å². The molecule has 1 heterocycles. The molecule has 0 spiro atoms. The Bertz CT molecular complexity index is 849. The summed E-state index contributed by atoms with van der Waals surface area (Å²) in [5.74, 6) is -3.72.